The first kappa shape index (κ1) is 22.6. The average Bonchev–Trinajstić information content (AvgIpc) is 3.09. The molecule has 10 atom stereocenters. The Morgan fingerprint density at radius 1 is 1.03 bits per heavy atom. The van der Waals surface area contributed by atoms with Crippen LogP contribution in [0.15, 0.2) is 0 Å². The fraction of sp³-hybridized carbons (Fsp3) is 0.963. The van der Waals surface area contributed by atoms with Crippen molar-refractivity contribution in [2.45, 2.75) is 104 Å². The number of rotatable bonds is 5. The van der Waals surface area contributed by atoms with Crippen molar-refractivity contribution < 1.29 is 14.6 Å². The molecule has 30 heavy (non-hydrogen) atoms. The van der Waals surface area contributed by atoms with Crippen molar-refractivity contribution in [2.24, 2.45) is 52.3 Å². The highest BCUT2D eigenvalue weighted by molar-refractivity contribution is 5.69. The lowest BCUT2D eigenvalue weighted by atomic mass is 9.41. The maximum atomic E-state index is 11.8. The largest absolute Gasteiger partial charge is 0.469 e. The van der Waals surface area contributed by atoms with Crippen LogP contribution in [0, 0.1) is 52.3 Å². The van der Waals surface area contributed by atoms with Crippen molar-refractivity contribution in [3.05, 3.63) is 0 Å². The molecule has 4 unspecified atom stereocenters. The van der Waals surface area contributed by atoms with Crippen molar-refractivity contribution in [3.8, 4) is 0 Å². The predicted molar refractivity (Wildman–Crippen MR) is 121 cm³/mol. The van der Waals surface area contributed by atoms with E-state index in [1.54, 1.807) is 0 Å². The van der Waals surface area contributed by atoms with Crippen molar-refractivity contribution in [1.29, 1.82) is 0 Å². The standard InChI is InChI=1S/C27H46O3/c1-6-18-20-9-7-8-15-26(20,3)22-14-16-27(4)19(17(2)10-13-23(28)30-5)11-12-21(27)24(22)25(18)29/h17-22,24-25,29H,6-16H2,1-5H3/t17-,18-,19?,20+,21?,22?,24?,25-,26+,27-/m1/s1. The highest BCUT2D eigenvalue weighted by Crippen LogP contribution is 2.69. The smallest absolute Gasteiger partial charge is 0.305 e. The van der Waals surface area contributed by atoms with Gasteiger partial charge in [0, 0.05) is 6.42 Å². The van der Waals surface area contributed by atoms with E-state index in [1.807, 2.05) is 0 Å². The molecule has 0 aromatic carbocycles. The zero-order chi connectivity index (χ0) is 21.7. The van der Waals surface area contributed by atoms with Gasteiger partial charge in [-0.05, 0) is 97.2 Å². The summed E-state index contributed by atoms with van der Waals surface area (Å²) in [5.74, 6) is 4.24. The number of ether oxygens (including phenoxy) is 1. The highest BCUT2D eigenvalue weighted by Gasteiger charge is 2.64. The van der Waals surface area contributed by atoms with Gasteiger partial charge in [0.25, 0.3) is 0 Å². The van der Waals surface area contributed by atoms with Crippen LogP contribution >= 0.6 is 0 Å². The quantitative estimate of drug-likeness (QED) is 0.538. The molecule has 0 aromatic rings. The molecular formula is C27H46O3. The van der Waals surface area contributed by atoms with E-state index in [4.69, 9.17) is 4.74 Å². The number of hydrogen-bond donors (Lipinski definition) is 1. The molecule has 4 aliphatic rings. The van der Waals surface area contributed by atoms with Crippen LogP contribution in [0.4, 0.5) is 0 Å². The molecule has 172 valence electrons. The van der Waals surface area contributed by atoms with E-state index in [0.717, 1.165) is 18.8 Å². The summed E-state index contributed by atoms with van der Waals surface area (Å²) in [7, 11) is 1.49. The number of carbonyl (C=O) groups is 1. The number of aliphatic hydroxyl groups excluding tert-OH is 1. The maximum Gasteiger partial charge on any atom is 0.305 e. The van der Waals surface area contributed by atoms with Crippen molar-refractivity contribution >= 4 is 5.97 Å². The van der Waals surface area contributed by atoms with Crippen molar-refractivity contribution in [1.82, 2.24) is 0 Å². The summed E-state index contributed by atoms with van der Waals surface area (Å²) in [6.45, 7) is 9.83. The third-order valence-corrected chi connectivity index (χ3v) is 11.1. The Morgan fingerprint density at radius 3 is 2.47 bits per heavy atom. The third kappa shape index (κ3) is 3.37. The number of esters is 1. The molecule has 3 heteroatoms. The second kappa shape index (κ2) is 8.41. The Morgan fingerprint density at radius 2 is 1.77 bits per heavy atom. The van der Waals surface area contributed by atoms with Gasteiger partial charge in [-0.2, -0.15) is 0 Å². The van der Waals surface area contributed by atoms with Crippen LogP contribution in [0.2, 0.25) is 0 Å². The van der Waals surface area contributed by atoms with E-state index in [0.29, 0.717) is 52.8 Å². The first-order valence-corrected chi connectivity index (χ1v) is 13.0. The molecule has 0 amide bonds. The zero-order valence-electron chi connectivity index (χ0n) is 20.2. The lowest BCUT2D eigenvalue weighted by Crippen LogP contribution is -2.61. The molecule has 0 aliphatic heterocycles. The molecule has 4 saturated carbocycles. The summed E-state index contributed by atoms with van der Waals surface area (Å²) in [5, 5.41) is 11.8. The van der Waals surface area contributed by atoms with Crippen LogP contribution in [-0.2, 0) is 9.53 Å². The van der Waals surface area contributed by atoms with Gasteiger partial charge in [0.1, 0.15) is 0 Å². The van der Waals surface area contributed by atoms with E-state index < -0.39 is 0 Å². The molecule has 4 fully saturated rings. The fourth-order valence-corrected chi connectivity index (χ4v) is 9.66. The van der Waals surface area contributed by atoms with Gasteiger partial charge in [0.15, 0.2) is 0 Å². The topological polar surface area (TPSA) is 46.5 Å². The molecule has 0 bridgehead atoms. The number of methoxy groups -OCH3 is 1. The van der Waals surface area contributed by atoms with E-state index in [2.05, 4.69) is 27.7 Å². The first-order chi connectivity index (χ1) is 14.3. The predicted octanol–water partition coefficient (Wildman–Crippen LogP) is 6.23. The Labute approximate surface area is 184 Å². The summed E-state index contributed by atoms with van der Waals surface area (Å²) < 4.78 is 4.89. The second-order valence-electron chi connectivity index (χ2n) is 12.0. The lowest BCUT2D eigenvalue weighted by Gasteiger charge is -2.64. The van der Waals surface area contributed by atoms with Gasteiger partial charge >= 0.3 is 5.97 Å². The fourth-order valence-electron chi connectivity index (χ4n) is 9.66. The van der Waals surface area contributed by atoms with Crippen LogP contribution in [-0.4, -0.2) is 24.3 Å². The van der Waals surface area contributed by atoms with Crippen LogP contribution in [0.25, 0.3) is 0 Å². The third-order valence-electron chi connectivity index (χ3n) is 11.1. The van der Waals surface area contributed by atoms with E-state index in [1.165, 1.54) is 58.5 Å². The minimum atomic E-state index is -0.107. The average molecular weight is 419 g/mol. The van der Waals surface area contributed by atoms with Crippen LogP contribution in [0.5, 0.6) is 0 Å². The number of aliphatic hydroxyl groups is 1. The molecule has 4 aliphatic carbocycles. The summed E-state index contributed by atoms with van der Waals surface area (Å²) >= 11 is 0. The van der Waals surface area contributed by atoms with Crippen LogP contribution in [0.3, 0.4) is 0 Å². The van der Waals surface area contributed by atoms with Gasteiger partial charge in [0.05, 0.1) is 13.2 Å². The van der Waals surface area contributed by atoms with Gasteiger partial charge in [-0.3, -0.25) is 4.79 Å². The van der Waals surface area contributed by atoms with Crippen molar-refractivity contribution in [2.75, 3.05) is 7.11 Å². The number of hydrogen-bond acceptors (Lipinski definition) is 3. The Balaban J connectivity index is 1.58. The van der Waals surface area contributed by atoms with Gasteiger partial charge < -0.3 is 9.84 Å². The van der Waals surface area contributed by atoms with E-state index in [-0.39, 0.29) is 12.1 Å². The molecule has 4 rings (SSSR count). The minimum Gasteiger partial charge on any atom is -0.469 e. The van der Waals surface area contributed by atoms with Gasteiger partial charge in [-0.15, -0.1) is 0 Å². The Bertz CT molecular complexity index is 632. The number of carbonyl (C=O) groups excluding carboxylic acids is 1. The van der Waals surface area contributed by atoms with Crippen LogP contribution in [0.1, 0.15) is 98.3 Å². The maximum absolute atomic E-state index is 11.8. The minimum absolute atomic E-state index is 0.0741. The molecule has 0 spiro atoms. The van der Waals surface area contributed by atoms with E-state index >= 15 is 0 Å². The summed E-state index contributed by atoms with van der Waals surface area (Å²) in [6.07, 6.45) is 13.1. The normalized spacial score (nSPS) is 48.9. The molecule has 0 radical (unpaired) electrons. The number of fused-ring (bicyclic) bond motifs is 5. The summed E-state index contributed by atoms with van der Waals surface area (Å²) in [5.41, 5.74) is 0.770. The second-order valence-corrected chi connectivity index (χ2v) is 12.0. The van der Waals surface area contributed by atoms with Gasteiger partial charge in [-0.25, -0.2) is 0 Å². The Hall–Kier alpha value is -0.570. The van der Waals surface area contributed by atoms with Gasteiger partial charge in [0.2, 0.25) is 0 Å². The molecule has 0 aromatic heterocycles. The van der Waals surface area contributed by atoms with Gasteiger partial charge in [-0.1, -0.05) is 47.0 Å². The summed E-state index contributed by atoms with van der Waals surface area (Å²) in [4.78, 5) is 11.7. The van der Waals surface area contributed by atoms with Crippen molar-refractivity contribution in [3.63, 3.8) is 0 Å². The molecular weight excluding hydrogens is 372 g/mol. The van der Waals surface area contributed by atoms with E-state index in [9.17, 15) is 9.90 Å². The molecule has 0 heterocycles. The first-order valence-electron chi connectivity index (χ1n) is 13.0. The zero-order valence-corrected chi connectivity index (χ0v) is 20.2. The molecule has 1 N–H and O–H groups in total. The Kier molecular flexibility index (Phi) is 6.34. The van der Waals surface area contributed by atoms with Crippen LogP contribution < -0.4 is 0 Å². The monoisotopic (exact) mass is 418 g/mol. The molecule has 0 saturated heterocycles. The summed E-state index contributed by atoms with van der Waals surface area (Å²) in [6, 6.07) is 0. The SMILES string of the molecule is CC[C@H]1[C@@H](O)C2C3CCC([C@H](C)CCC(=O)OC)[C@@]3(C)CCC2[C@@]2(C)CCCC[C@@H]12. The highest BCUT2D eigenvalue weighted by atomic mass is 16.5. The lowest BCUT2D eigenvalue weighted by molar-refractivity contribution is -0.194. The molecule has 3 nitrogen and oxygen atoms in total.